The van der Waals surface area contributed by atoms with Gasteiger partial charge in [-0.1, -0.05) is 0 Å². The van der Waals surface area contributed by atoms with Crippen molar-refractivity contribution in [1.82, 2.24) is 5.32 Å². The topological polar surface area (TPSA) is 30.5 Å². The van der Waals surface area contributed by atoms with Crippen molar-refractivity contribution in [2.24, 2.45) is 0 Å². The molecule has 3 atom stereocenters. The van der Waals surface area contributed by atoms with Gasteiger partial charge in [0, 0.05) is 13.2 Å². The Hall–Kier alpha value is -0.120. The summed E-state index contributed by atoms with van der Waals surface area (Å²) in [5.41, 5.74) is 0. The molecule has 1 aliphatic carbocycles. The smallest absolute Gasteiger partial charge is 0.0784 e. The van der Waals surface area contributed by atoms with Crippen LogP contribution in [0.15, 0.2) is 0 Å². The summed E-state index contributed by atoms with van der Waals surface area (Å²) in [5, 5.41) is 3.33. The fourth-order valence-corrected chi connectivity index (χ4v) is 2.13. The van der Waals surface area contributed by atoms with E-state index in [-0.39, 0.29) is 6.10 Å². The molecule has 14 heavy (non-hydrogen) atoms. The van der Waals surface area contributed by atoms with Crippen molar-refractivity contribution in [2.75, 3.05) is 20.8 Å². The van der Waals surface area contributed by atoms with E-state index in [1.54, 1.807) is 7.11 Å². The van der Waals surface area contributed by atoms with Gasteiger partial charge >= 0.3 is 0 Å². The number of nitrogens with one attached hydrogen (secondary N) is 1. The minimum Gasteiger partial charge on any atom is -0.382 e. The van der Waals surface area contributed by atoms with Crippen LogP contribution < -0.4 is 5.32 Å². The van der Waals surface area contributed by atoms with Gasteiger partial charge in [-0.05, 0) is 39.7 Å². The Bertz CT molecular complexity index is 152. The van der Waals surface area contributed by atoms with Gasteiger partial charge in [0.15, 0.2) is 0 Å². The summed E-state index contributed by atoms with van der Waals surface area (Å²) in [4.78, 5) is 0. The molecule has 0 amide bonds. The summed E-state index contributed by atoms with van der Waals surface area (Å²) in [7, 11) is 3.75. The zero-order valence-electron chi connectivity index (χ0n) is 9.58. The summed E-state index contributed by atoms with van der Waals surface area (Å²) in [6.45, 7) is 2.77. The Morgan fingerprint density at radius 2 is 2.21 bits per heavy atom. The highest BCUT2D eigenvalue weighted by Crippen LogP contribution is 2.22. The molecular formula is C11H23NO2. The molecule has 84 valence electrons. The SMILES string of the molecule is CNC1CCCC(OC(C)COC)C1. The molecule has 0 spiro atoms. The molecule has 1 fully saturated rings. The first-order valence-corrected chi connectivity index (χ1v) is 5.58. The summed E-state index contributed by atoms with van der Waals surface area (Å²) in [5.74, 6) is 0. The van der Waals surface area contributed by atoms with Gasteiger partial charge in [0.25, 0.3) is 0 Å². The monoisotopic (exact) mass is 201 g/mol. The molecule has 0 aliphatic heterocycles. The second-order valence-electron chi connectivity index (χ2n) is 4.18. The quantitative estimate of drug-likeness (QED) is 0.732. The molecule has 1 rings (SSSR count). The number of methoxy groups -OCH3 is 1. The molecule has 0 heterocycles. The largest absolute Gasteiger partial charge is 0.382 e. The van der Waals surface area contributed by atoms with E-state index >= 15 is 0 Å². The van der Waals surface area contributed by atoms with Crippen molar-refractivity contribution < 1.29 is 9.47 Å². The van der Waals surface area contributed by atoms with Crippen LogP contribution in [0.1, 0.15) is 32.6 Å². The van der Waals surface area contributed by atoms with Crippen molar-refractivity contribution in [3.05, 3.63) is 0 Å². The molecule has 0 aromatic heterocycles. The Morgan fingerprint density at radius 3 is 2.86 bits per heavy atom. The van der Waals surface area contributed by atoms with E-state index in [0.717, 1.165) is 6.42 Å². The van der Waals surface area contributed by atoms with Crippen LogP contribution in [-0.2, 0) is 9.47 Å². The zero-order valence-corrected chi connectivity index (χ0v) is 9.58. The van der Waals surface area contributed by atoms with Gasteiger partial charge in [0.05, 0.1) is 18.8 Å². The minimum atomic E-state index is 0.223. The Kier molecular flexibility index (Phi) is 5.45. The van der Waals surface area contributed by atoms with Crippen LogP contribution in [-0.4, -0.2) is 39.0 Å². The second-order valence-corrected chi connectivity index (χ2v) is 4.18. The predicted molar refractivity (Wildman–Crippen MR) is 57.5 cm³/mol. The van der Waals surface area contributed by atoms with E-state index in [1.165, 1.54) is 19.3 Å². The van der Waals surface area contributed by atoms with Gasteiger partial charge in [-0.15, -0.1) is 0 Å². The Balaban J connectivity index is 2.22. The molecule has 1 N–H and O–H groups in total. The lowest BCUT2D eigenvalue weighted by molar-refractivity contribution is -0.0557. The number of ether oxygens (including phenoxy) is 2. The van der Waals surface area contributed by atoms with E-state index in [2.05, 4.69) is 12.2 Å². The Labute approximate surface area is 87.2 Å². The number of rotatable bonds is 5. The standard InChI is InChI=1S/C11H23NO2/c1-9(8-13-3)14-11-6-4-5-10(7-11)12-2/h9-12H,4-8H2,1-3H3. The van der Waals surface area contributed by atoms with E-state index in [4.69, 9.17) is 9.47 Å². The summed E-state index contributed by atoms with van der Waals surface area (Å²) < 4.78 is 11.0. The lowest BCUT2D eigenvalue weighted by atomic mass is 9.93. The predicted octanol–water partition coefficient (Wildman–Crippen LogP) is 1.57. The number of hydrogen-bond donors (Lipinski definition) is 1. The maximum Gasteiger partial charge on any atom is 0.0784 e. The summed E-state index contributed by atoms with van der Waals surface area (Å²) in [6.07, 6.45) is 5.55. The minimum absolute atomic E-state index is 0.223. The molecule has 1 saturated carbocycles. The molecular weight excluding hydrogens is 178 g/mol. The molecule has 1 aliphatic rings. The van der Waals surface area contributed by atoms with Crippen molar-refractivity contribution >= 4 is 0 Å². The summed E-state index contributed by atoms with van der Waals surface area (Å²) >= 11 is 0. The van der Waals surface area contributed by atoms with E-state index in [0.29, 0.717) is 18.8 Å². The van der Waals surface area contributed by atoms with Gasteiger partial charge in [-0.3, -0.25) is 0 Å². The average molecular weight is 201 g/mol. The number of hydrogen-bond acceptors (Lipinski definition) is 3. The normalized spacial score (nSPS) is 30.2. The van der Waals surface area contributed by atoms with Crippen LogP contribution in [0.2, 0.25) is 0 Å². The molecule has 0 saturated heterocycles. The van der Waals surface area contributed by atoms with Gasteiger partial charge in [-0.2, -0.15) is 0 Å². The Morgan fingerprint density at radius 1 is 1.43 bits per heavy atom. The first-order chi connectivity index (χ1) is 6.76. The van der Waals surface area contributed by atoms with Gasteiger partial charge in [0.2, 0.25) is 0 Å². The maximum atomic E-state index is 5.90. The maximum absolute atomic E-state index is 5.90. The first-order valence-electron chi connectivity index (χ1n) is 5.58. The third-order valence-corrected chi connectivity index (χ3v) is 2.86. The van der Waals surface area contributed by atoms with Crippen LogP contribution in [0, 0.1) is 0 Å². The molecule has 0 bridgehead atoms. The third-order valence-electron chi connectivity index (χ3n) is 2.86. The highest BCUT2D eigenvalue weighted by molar-refractivity contribution is 4.77. The van der Waals surface area contributed by atoms with E-state index in [9.17, 15) is 0 Å². The van der Waals surface area contributed by atoms with Crippen LogP contribution >= 0.6 is 0 Å². The molecule has 0 radical (unpaired) electrons. The van der Waals surface area contributed by atoms with Crippen molar-refractivity contribution in [2.45, 2.75) is 50.9 Å². The molecule has 0 aromatic carbocycles. The van der Waals surface area contributed by atoms with Gasteiger partial charge < -0.3 is 14.8 Å². The molecule has 3 heteroatoms. The lowest BCUT2D eigenvalue weighted by Crippen LogP contribution is -2.36. The second kappa shape index (κ2) is 6.38. The van der Waals surface area contributed by atoms with Crippen LogP contribution in [0.25, 0.3) is 0 Å². The van der Waals surface area contributed by atoms with Crippen LogP contribution in [0.4, 0.5) is 0 Å². The molecule has 3 nitrogen and oxygen atoms in total. The third kappa shape index (κ3) is 3.95. The highest BCUT2D eigenvalue weighted by Gasteiger charge is 2.22. The molecule has 3 unspecified atom stereocenters. The molecule has 0 aromatic rings. The van der Waals surface area contributed by atoms with Crippen molar-refractivity contribution in [3.8, 4) is 0 Å². The zero-order chi connectivity index (χ0) is 10.4. The van der Waals surface area contributed by atoms with Crippen LogP contribution in [0.3, 0.4) is 0 Å². The van der Waals surface area contributed by atoms with Crippen molar-refractivity contribution in [1.29, 1.82) is 0 Å². The lowest BCUT2D eigenvalue weighted by Gasteiger charge is -2.30. The van der Waals surface area contributed by atoms with E-state index in [1.807, 2.05) is 7.05 Å². The fraction of sp³-hybridized carbons (Fsp3) is 1.00. The summed E-state index contributed by atoms with van der Waals surface area (Å²) in [6, 6.07) is 0.642. The highest BCUT2D eigenvalue weighted by atomic mass is 16.5. The van der Waals surface area contributed by atoms with E-state index < -0.39 is 0 Å². The van der Waals surface area contributed by atoms with Gasteiger partial charge in [-0.25, -0.2) is 0 Å². The van der Waals surface area contributed by atoms with Crippen molar-refractivity contribution in [3.63, 3.8) is 0 Å². The average Bonchev–Trinajstić information content (AvgIpc) is 2.18. The van der Waals surface area contributed by atoms with Gasteiger partial charge in [0.1, 0.15) is 0 Å². The first kappa shape index (κ1) is 12.0. The fourth-order valence-electron chi connectivity index (χ4n) is 2.13. The van der Waals surface area contributed by atoms with Crippen LogP contribution in [0.5, 0.6) is 0 Å².